The van der Waals surface area contributed by atoms with Crippen LogP contribution < -0.4 is 9.33 Å². The van der Waals surface area contributed by atoms with Gasteiger partial charge in [-0.05, 0) is 6.07 Å². The molecule has 0 unspecified atom stereocenters. The van der Waals surface area contributed by atoms with Gasteiger partial charge in [0, 0.05) is 19.8 Å². The second-order valence-electron chi connectivity index (χ2n) is 5.43. The van der Waals surface area contributed by atoms with E-state index in [1.807, 2.05) is 0 Å². The number of unbranched alkanes of at least 4 members (excludes halogenated alkanes) is 2. The minimum absolute atomic E-state index is 0.765. The minimum atomic E-state index is -0.765. The van der Waals surface area contributed by atoms with Crippen LogP contribution in [-0.2, 0) is 0 Å². The lowest BCUT2D eigenvalue weighted by Gasteiger charge is -2.21. The van der Waals surface area contributed by atoms with Crippen molar-refractivity contribution in [2.45, 2.75) is 50.1 Å². The maximum absolute atomic E-state index is 2.39. The second-order valence-corrected chi connectivity index (χ2v) is 8.61. The summed E-state index contributed by atoms with van der Waals surface area (Å²) in [5.74, 6) is 0. The molecule has 1 rings (SSSR count). The highest BCUT2D eigenvalue weighted by Gasteiger charge is 2.21. The zero-order valence-electron chi connectivity index (χ0n) is 12.6. The Hall–Kier alpha value is -0.448. The van der Waals surface area contributed by atoms with Crippen molar-refractivity contribution in [3.63, 3.8) is 0 Å². The van der Waals surface area contributed by atoms with Gasteiger partial charge in [0.05, 0.1) is 0 Å². The van der Waals surface area contributed by atoms with Gasteiger partial charge in [-0.2, -0.15) is 0 Å². The number of anilines is 1. The van der Waals surface area contributed by atoms with Crippen LogP contribution in [0.3, 0.4) is 0 Å². The van der Waals surface area contributed by atoms with Gasteiger partial charge in [0.25, 0.3) is 0 Å². The quantitative estimate of drug-likeness (QED) is 0.638. The SMILES string of the molecule is CCC[CH2][Al]([CH2]CCC)[c]1ccccc1N(C)C. The Labute approximate surface area is 118 Å². The zero-order chi connectivity index (χ0) is 13.4. The molecule has 18 heavy (non-hydrogen) atoms. The second kappa shape index (κ2) is 8.62. The summed E-state index contributed by atoms with van der Waals surface area (Å²) in [6, 6.07) is 9.06. The smallest absolute Gasteiger partial charge is 0.309 e. The molecule has 0 radical (unpaired) electrons. The molecule has 0 heterocycles. The molecule has 100 valence electrons. The summed E-state index contributed by atoms with van der Waals surface area (Å²) >= 11 is -0.765. The summed E-state index contributed by atoms with van der Waals surface area (Å²) < 4.78 is 1.68. The van der Waals surface area contributed by atoms with Crippen molar-refractivity contribution in [2.24, 2.45) is 0 Å². The number of benzene rings is 1. The minimum Gasteiger partial charge on any atom is -0.379 e. The van der Waals surface area contributed by atoms with Crippen molar-refractivity contribution in [3.05, 3.63) is 24.3 Å². The van der Waals surface area contributed by atoms with E-state index in [2.05, 4.69) is 57.1 Å². The zero-order valence-corrected chi connectivity index (χ0v) is 13.7. The number of nitrogens with zero attached hydrogens (tertiary/aromatic N) is 1. The number of rotatable bonds is 8. The van der Waals surface area contributed by atoms with Crippen LogP contribution in [0, 0.1) is 0 Å². The van der Waals surface area contributed by atoms with Crippen LogP contribution in [0.4, 0.5) is 5.69 Å². The molecule has 1 aromatic carbocycles. The normalized spacial score (nSPS) is 10.4. The van der Waals surface area contributed by atoms with Crippen molar-refractivity contribution in [3.8, 4) is 0 Å². The van der Waals surface area contributed by atoms with Crippen LogP contribution in [0.15, 0.2) is 24.3 Å². The highest BCUT2D eigenvalue weighted by Crippen LogP contribution is 2.16. The van der Waals surface area contributed by atoms with Crippen LogP contribution in [-0.4, -0.2) is 28.2 Å². The highest BCUT2D eigenvalue weighted by atomic mass is 27.2. The molecule has 0 amide bonds. The molecular weight excluding hydrogens is 233 g/mol. The van der Waals surface area contributed by atoms with Gasteiger partial charge >= 0.3 is 14.1 Å². The Morgan fingerprint density at radius 1 is 0.944 bits per heavy atom. The van der Waals surface area contributed by atoms with E-state index in [1.165, 1.54) is 41.9 Å². The molecule has 1 aromatic rings. The van der Waals surface area contributed by atoms with E-state index in [9.17, 15) is 0 Å². The fourth-order valence-electron chi connectivity index (χ4n) is 2.60. The van der Waals surface area contributed by atoms with E-state index in [4.69, 9.17) is 0 Å². The third-order valence-corrected chi connectivity index (χ3v) is 7.25. The van der Waals surface area contributed by atoms with Crippen molar-refractivity contribution in [1.82, 2.24) is 0 Å². The Kier molecular flexibility index (Phi) is 7.47. The maximum Gasteiger partial charge on any atom is 0.309 e. The van der Waals surface area contributed by atoms with Crippen LogP contribution in [0.2, 0.25) is 10.6 Å². The largest absolute Gasteiger partial charge is 0.379 e. The first-order valence-corrected chi connectivity index (χ1v) is 9.68. The fourth-order valence-corrected chi connectivity index (χ4v) is 6.47. The van der Waals surface area contributed by atoms with E-state index >= 15 is 0 Å². The Bertz CT molecular complexity index is 328. The summed E-state index contributed by atoms with van der Waals surface area (Å²) in [6.07, 6.45) is 5.48. The predicted octanol–water partition coefficient (Wildman–Crippen LogP) is 4.05. The molecule has 0 saturated carbocycles. The first kappa shape index (κ1) is 15.6. The van der Waals surface area contributed by atoms with E-state index < -0.39 is 14.1 Å². The average molecular weight is 261 g/mol. The van der Waals surface area contributed by atoms with Crippen LogP contribution in [0.25, 0.3) is 0 Å². The van der Waals surface area contributed by atoms with Crippen molar-refractivity contribution in [1.29, 1.82) is 0 Å². The average Bonchev–Trinajstić information content (AvgIpc) is 2.39. The van der Waals surface area contributed by atoms with Gasteiger partial charge in [0.1, 0.15) is 0 Å². The van der Waals surface area contributed by atoms with E-state index in [-0.39, 0.29) is 0 Å². The van der Waals surface area contributed by atoms with Crippen molar-refractivity contribution >= 4 is 24.3 Å². The number of para-hydroxylation sites is 1. The van der Waals surface area contributed by atoms with Gasteiger partial charge in [-0.25, -0.2) is 0 Å². The summed E-state index contributed by atoms with van der Waals surface area (Å²) in [6.45, 7) is 4.62. The van der Waals surface area contributed by atoms with Gasteiger partial charge < -0.3 is 4.90 Å². The molecule has 0 spiro atoms. The number of hydrogen-bond acceptors (Lipinski definition) is 1. The standard InChI is InChI=1S/C8H10N.2C4H9.Al/c1-9(2)8-6-4-3-5-7-8;2*1-3-4-2;/h3-6H,1-2H3;2*1,3-4H2,2H3;. The Morgan fingerprint density at radius 3 is 2.00 bits per heavy atom. The summed E-state index contributed by atoms with van der Waals surface area (Å²) in [5, 5.41) is 2.95. The van der Waals surface area contributed by atoms with Crippen molar-refractivity contribution in [2.75, 3.05) is 19.0 Å². The lowest BCUT2D eigenvalue weighted by Crippen LogP contribution is -2.34. The van der Waals surface area contributed by atoms with E-state index in [1.54, 1.807) is 4.43 Å². The van der Waals surface area contributed by atoms with E-state index in [0.717, 1.165) is 0 Å². The molecule has 0 aliphatic rings. The van der Waals surface area contributed by atoms with Gasteiger partial charge in [-0.15, -0.1) is 0 Å². The predicted molar refractivity (Wildman–Crippen MR) is 85.6 cm³/mol. The lowest BCUT2D eigenvalue weighted by molar-refractivity contribution is 0.845. The van der Waals surface area contributed by atoms with Crippen LogP contribution >= 0.6 is 0 Å². The molecular formula is C16H28AlN. The molecule has 0 N–H and O–H groups in total. The lowest BCUT2D eigenvalue weighted by atomic mass is 10.3. The van der Waals surface area contributed by atoms with Crippen molar-refractivity contribution < 1.29 is 0 Å². The molecule has 0 fully saturated rings. The first-order valence-electron chi connectivity index (χ1n) is 7.46. The Balaban J connectivity index is 2.88. The van der Waals surface area contributed by atoms with Gasteiger partial charge in [0.15, 0.2) is 0 Å². The molecule has 0 aromatic heterocycles. The molecule has 0 bridgehead atoms. The van der Waals surface area contributed by atoms with Gasteiger partial charge in [-0.1, -0.05) is 72.7 Å². The monoisotopic (exact) mass is 261 g/mol. The molecule has 0 saturated heterocycles. The van der Waals surface area contributed by atoms with Gasteiger partial charge in [0.2, 0.25) is 0 Å². The van der Waals surface area contributed by atoms with E-state index in [0.29, 0.717) is 0 Å². The third-order valence-electron chi connectivity index (χ3n) is 3.67. The maximum atomic E-state index is 2.39. The van der Waals surface area contributed by atoms with Crippen LogP contribution in [0.5, 0.6) is 0 Å². The fraction of sp³-hybridized carbons (Fsp3) is 0.625. The molecule has 2 heteroatoms. The summed E-state index contributed by atoms with van der Waals surface area (Å²) in [7, 11) is 4.34. The van der Waals surface area contributed by atoms with Crippen LogP contribution in [0.1, 0.15) is 39.5 Å². The molecule has 0 atom stereocenters. The molecule has 1 nitrogen and oxygen atoms in total. The summed E-state index contributed by atoms with van der Waals surface area (Å²) in [5.41, 5.74) is 1.46. The van der Waals surface area contributed by atoms with Gasteiger partial charge in [-0.3, -0.25) is 0 Å². The topological polar surface area (TPSA) is 3.24 Å². The molecule has 0 aliphatic heterocycles. The third kappa shape index (κ3) is 4.67. The summed E-state index contributed by atoms with van der Waals surface area (Å²) in [4.78, 5) is 2.28. The highest BCUT2D eigenvalue weighted by molar-refractivity contribution is 6.74. The Morgan fingerprint density at radius 2 is 1.50 bits per heavy atom. The first-order chi connectivity index (χ1) is 8.70. The molecule has 0 aliphatic carbocycles. The number of hydrogen-bond donors (Lipinski definition) is 0.